The predicted octanol–water partition coefficient (Wildman–Crippen LogP) is 1.36. The number of nitrogens with zero attached hydrogens (tertiary/aromatic N) is 3. The Kier molecular flexibility index (Phi) is 4.57. The van der Waals surface area contributed by atoms with Gasteiger partial charge in [-0.25, -0.2) is 0 Å². The largest absolute Gasteiger partial charge is 0.395 e. The van der Waals surface area contributed by atoms with E-state index in [1.54, 1.807) is 12.1 Å². The van der Waals surface area contributed by atoms with Gasteiger partial charge in [0.05, 0.1) is 11.5 Å². The first-order valence-electron chi connectivity index (χ1n) is 6.14. The van der Waals surface area contributed by atoms with Gasteiger partial charge in [0.25, 0.3) is 0 Å². The summed E-state index contributed by atoms with van der Waals surface area (Å²) in [4.78, 5) is 14.8. The Morgan fingerprint density at radius 1 is 1.32 bits per heavy atom. The monoisotopic (exact) mass is 285 g/mol. The Hall–Kier alpha value is -1.37. The molecule has 104 valence electrons. The summed E-state index contributed by atoms with van der Waals surface area (Å²) in [6.45, 7) is 3.74. The van der Waals surface area contributed by atoms with Crippen molar-refractivity contribution in [2.45, 2.75) is 0 Å². The molecule has 1 saturated heterocycles. The molecule has 6 nitrogen and oxygen atoms in total. The molecule has 19 heavy (non-hydrogen) atoms. The highest BCUT2D eigenvalue weighted by Crippen LogP contribution is 2.35. The molecule has 1 aliphatic heterocycles. The summed E-state index contributed by atoms with van der Waals surface area (Å²) in [5, 5.41) is 20.2. The van der Waals surface area contributed by atoms with Crippen LogP contribution in [0.2, 0.25) is 5.02 Å². The van der Waals surface area contributed by atoms with Crippen LogP contribution in [0.15, 0.2) is 18.2 Å². The van der Waals surface area contributed by atoms with Crippen LogP contribution < -0.4 is 4.90 Å². The Bertz CT molecular complexity index is 462. The van der Waals surface area contributed by atoms with Crippen molar-refractivity contribution in [3.05, 3.63) is 33.3 Å². The summed E-state index contributed by atoms with van der Waals surface area (Å²) in [5.41, 5.74) is 0.543. The lowest BCUT2D eigenvalue weighted by Crippen LogP contribution is -2.47. The van der Waals surface area contributed by atoms with Crippen LogP contribution in [0, 0.1) is 10.1 Å². The molecule has 1 fully saturated rings. The average Bonchev–Trinajstić information content (AvgIpc) is 2.39. The topological polar surface area (TPSA) is 69.9 Å². The number of hydrogen-bond donors (Lipinski definition) is 1. The average molecular weight is 286 g/mol. The van der Waals surface area contributed by atoms with Gasteiger partial charge >= 0.3 is 5.69 Å². The second-order valence-corrected chi connectivity index (χ2v) is 4.82. The summed E-state index contributed by atoms with van der Waals surface area (Å²) < 4.78 is 0. The third kappa shape index (κ3) is 3.15. The molecule has 0 aromatic heterocycles. The molecule has 0 radical (unpaired) electrons. The standard InChI is InChI=1S/C12H16ClN3O3/c13-10-2-1-3-11(12(10)16(18)19)15-6-4-14(5-7-15)8-9-17/h1-3,17H,4-9H2. The highest BCUT2D eigenvalue weighted by Gasteiger charge is 2.25. The van der Waals surface area contributed by atoms with Crippen molar-refractivity contribution in [1.29, 1.82) is 0 Å². The molecule has 1 aromatic rings. The number of benzene rings is 1. The quantitative estimate of drug-likeness (QED) is 0.668. The van der Waals surface area contributed by atoms with Gasteiger partial charge in [-0.1, -0.05) is 17.7 Å². The number of hydrogen-bond acceptors (Lipinski definition) is 5. The molecule has 0 aliphatic carbocycles. The van der Waals surface area contributed by atoms with E-state index in [1.807, 2.05) is 4.90 Å². The fraction of sp³-hybridized carbons (Fsp3) is 0.500. The summed E-state index contributed by atoms with van der Waals surface area (Å²) in [5.74, 6) is 0. The van der Waals surface area contributed by atoms with Crippen LogP contribution in [-0.2, 0) is 0 Å². The van der Waals surface area contributed by atoms with E-state index in [0.717, 1.165) is 13.1 Å². The van der Waals surface area contributed by atoms with Crippen LogP contribution in [0.1, 0.15) is 0 Å². The van der Waals surface area contributed by atoms with Crippen LogP contribution in [0.25, 0.3) is 0 Å². The van der Waals surface area contributed by atoms with E-state index in [4.69, 9.17) is 16.7 Å². The molecule has 1 aromatic carbocycles. The third-order valence-electron chi connectivity index (χ3n) is 3.28. The lowest BCUT2D eigenvalue weighted by molar-refractivity contribution is -0.384. The van der Waals surface area contributed by atoms with Gasteiger partial charge in [0.1, 0.15) is 10.7 Å². The summed E-state index contributed by atoms with van der Waals surface area (Å²) in [6, 6.07) is 4.99. The molecule has 1 N–H and O–H groups in total. The van der Waals surface area contributed by atoms with Gasteiger partial charge in [-0.2, -0.15) is 0 Å². The Morgan fingerprint density at radius 2 is 2.00 bits per heavy atom. The maximum absolute atomic E-state index is 11.1. The number of nitro groups is 1. The number of anilines is 1. The SMILES string of the molecule is O=[N+]([O-])c1c(Cl)cccc1N1CCN(CCO)CC1. The second kappa shape index (κ2) is 6.18. The second-order valence-electron chi connectivity index (χ2n) is 4.42. The molecule has 0 atom stereocenters. The van der Waals surface area contributed by atoms with Crippen LogP contribution in [0.5, 0.6) is 0 Å². The van der Waals surface area contributed by atoms with Crippen LogP contribution in [-0.4, -0.2) is 54.3 Å². The zero-order chi connectivity index (χ0) is 13.8. The number of rotatable bonds is 4. The number of aliphatic hydroxyl groups is 1. The van der Waals surface area contributed by atoms with Crippen molar-refractivity contribution in [1.82, 2.24) is 4.90 Å². The first-order valence-corrected chi connectivity index (χ1v) is 6.52. The van der Waals surface area contributed by atoms with Gasteiger partial charge in [-0.15, -0.1) is 0 Å². The van der Waals surface area contributed by atoms with Crippen molar-refractivity contribution in [3.63, 3.8) is 0 Å². The van der Waals surface area contributed by atoms with Crippen LogP contribution >= 0.6 is 11.6 Å². The minimum absolute atomic E-state index is 0.0280. The van der Waals surface area contributed by atoms with Crippen molar-refractivity contribution in [3.8, 4) is 0 Å². The van der Waals surface area contributed by atoms with Crippen LogP contribution in [0.4, 0.5) is 11.4 Å². The van der Waals surface area contributed by atoms with Gasteiger partial charge in [0.2, 0.25) is 0 Å². The number of nitro benzene ring substituents is 1. The number of para-hydroxylation sites is 1. The van der Waals surface area contributed by atoms with E-state index in [-0.39, 0.29) is 17.3 Å². The van der Waals surface area contributed by atoms with E-state index in [9.17, 15) is 10.1 Å². The van der Waals surface area contributed by atoms with Crippen LogP contribution in [0.3, 0.4) is 0 Å². The fourth-order valence-corrected chi connectivity index (χ4v) is 2.53. The number of piperazine rings is 1. The smallest absolute Gasteiger partial charge is 0.310 e. The molecular formula is C12H16ClN3O3. The summed E-state index contributed by atoms with van der Waals surface area (Å²) in [7, 11) is 0. The maximum Gasteiger partial charge on any atom is 0.310 e. The molecule has 1 heterocycles. The van der Waals surface area contributed by atoms with Gasteiger partial charge in [-0.3, -0.25) is 15.0 Å². The number of β-amino-alcohol motifs (C(OH)–C–C–N with tert-alkyl or cyclic N) is 1. The van der Waals surface area contributed by atoms with Gasteiger partial charge in [0, 0.05) is 32.7 Å². The minimum atomic E-state index is -0.433. The first-order chi connectivity index (χ1) is 9.13. The molecule has 2 rings (SSSR count). The first kappa shape index (κ1) is 14.0. The number of halogens is 1. The molecule has 0 spiro atoms. The molecule has 0 saturated carbocycles. The molecule has 0 amide bonds. The lowest BCUT2D eigenvalue weighted by atomic mass is 10.2. The molecule has 1 aliphatic rings. The molecule has 0 bridgehead atoms. The Labute approximate surface area is 116 Å². The summed E-state index contributed by atoms with van der Waals surface area (Å²) >= 11 is 5.91. The maximum atomic E-state index is 11.1. The Balaban J connectivity index is 2.15. The van der Waals surface area contributed by atoms with Crippen molar-refractivity contribution in [2.75, 3.05) is 44.2 Å². The third-order valence-corrected chi connectivity index (χ3v) is 3.58. The molecule has 0 unspecified atom stereocenters. The van der Waals surface area contributed by atoms with Gasteiger partial charge in [-0.05, 0) is 12.1 Å². The van der Waals surface area contributed by atoms with Gasteiger partial charge < -0.3 is 10.0 Å². The van der Waals surface area contributed by atoms with Gasteiger partial charge in [0.15, 0.2) is 0 Å². The Morgan fingerprint density at radius 3 is 2.58 bits per heavy atom. The van der Waals surface area contributed by atoms with Crippen molar-refractivity contribution >= 4 is 23.0 Å². The highest BCUT2D eigenvalue weighted by atomic mass is 35.5. The van der Waals surface area contributed by atoms with Crippen molar-refractivity contribution < 1.29 is 10.0 Å². The number of aliphatic hydroxyl groups excluding tert-OH is 1. The minimum Gasteiger partial charge on any atom is -0.395 e. The van der Waals surface area contributed by atoms with E-state index in [0.29, 0.717) is 25.3 Å². The lowest BCUT2D eigenvalue weighted by Gasteiger charge is -2.35. The van der Waals surface area contributed by atoms with E-state index in [2.05, 4.69) is 4.90 Å². The zero-order valence-corrected chi connectivity index (χ0v) is 11.2. The van der Waals surface area contributed by atoms with E-state index < -0.39 is 4.92 Å². The van der Waals surface area contributed by atoms with Crippen molar-refractivity contribution in [2.24, 2.45) is 0 Å². The van der Waals surface area contributed by atoms with E-state index >= 15 is 0 Å². The normalized spacial score (nSPS) is 16.6. The van der Waals surface area contributed by atoms with E-state index in [1.165, 1.54) is 6.07 Å². The fourth-order valence-electron chi connectivity index (χ4n) is 2.29. The molecule has 7 heteroatoms. The summed E-state index contributed by atoms with van der Waals surface area (Å²) in [6.07, 6.45) is 0. The highest BCUT2D eigenvalue weighted by molar-refractivity contribution is 6.33. The predicted molar refractivity (Wildman–Crippen MR) is 73.8 cm³/mol. The molecular weight excluding hydrogens is 270 g/mol. The zero-order valence-electron chi connectivity index (χ0n) is 10.5.